The van der Waals surface area contributed by atoms with Crippen molar-refractivity contribution in [1.29, 1.82) is 0 Å². The Kier molecular flexibility index (Phi) is 4.08. The maximum atomic E-state index is 5.57. The second kappa shape index (κ2) is 6.75. The van der Waals surface area contributed by atoms with Crippen LogP contribution in [0.5, 0.6) is 23.0 Å². The SMILES string of the molecule is COc1cc2ccc(CC3=NCCc4cc5c(cc43)OCO5)cc2cc1OC. The Morgan fingerprint density at radius 2 is 1.64 bits per heavy atom. The zero-order valence-electron chi connectivity index (χ0n) is 16.0. The fraction of sp³-hybridized carbons (Fsp3) is 0.261. The van der Waals surface area contributed by atoms with Crippen molar-refractivity contribution in [2.24, 2.45) is 4.99 Å². The quantitative estimate of drug-likeness (QED) is 0.687. The van der Waals surface area contributed by atoms with Crippen LogP contribution in [0.15, 0.2) is 47.5 Å². The van der Waals surface area contributed by atoms with Crippen LogP contribution in [0, 0.1) is 0 Å². The van der Waals surface area contributed by atoms with Crippen LogP contribution in [-0.2, 0) is 12.8 Å². The molecular weight excluding hydrogens is 354 g/mol. The number of aliphatic imine (C=N–C) groups is 1. The van der Waals surface area contributed by atoms with E-state index in [1.165, 1.54) is 16.7 Å². The van der Waals surface area contributed by atoms with Gasteiger partial charge in [-0.2, -0.15) is 0 Å². The summed E-state index contributed by atoms with van der Waals surface area (Å²) in [5.41, 5.74) is 4.76. The lowest BCUT2D eigenvalue weighted by atomic mass is 9.92. The summed E-state index contributed by atoms with van der Waals surface area (Å²) in [7, 11) is 3.31. The van der Waals surface area contributed by atoms with Gasteiger partial charge in [0.2, 0.25) is 6.79 Å². The van der Waals surface area contributed by atoms with E-state index in [0.29, 0.717) is 6.79 Å². The number of benzene rings is 3. The average molecular weight is 375 g/mol. The van der Waals surface area contributed by atoms with Crippen molar-refractivity contribution < 1.29 is 18.9 Å². The molecule has 5 heteroatoms. The van der Waals surface area contributed by atoms with Gasteiger partial charge in [0.05, 0.1) is 14.2 Å². The molecule has 28 heavy (non-hydrogen) atoms. The lowest BCUT2D eigenvalue weighted by Crippen LogP contribution is -2.15. The van der Waals surface area contributed by atoms with Gasteiger partial charge in [-0.3, -0.25) is 4.99 Å². The third kappa shape index (κ3) is 2.83. The number of hydrogen-bond donors (Lipinski definition) is 0. The van der Waals surface area contributed by atoms with Crippen molar-refractivity contribution in [3.05, 3.63) is 59.2 Å². The standard InChI is InChI=1S/C23H21NO4/c1-25-20-9-15-4-3-14(7-17(15)11-21(20)26-2)8-19-18-12-23-22(27-13-28-23)10-16(18)5-6-24-19/h3-4,7,9-12H,5-6,8,13H2,1-2H3. The fourth-order valence-corrected chi connectivity index (χ4v) is 3.93. The topological polar surface area (TPSA) is 49.3 Å². The highest BCUT2D eigenvalue weighted by Gasteiger charge is 2.22. The Labute approximate surface area is 163 Å². The van der Waals surface area contributed by atoms with E-state index in [2.05, 4.69) is 30.3 Å². The smallest absolute Gasteiger partial charge is 0.231 e. The van der Waals surface area contributed by atoms with Crippen LogP contribution in [0.25, 0.3) is 10.8 Å². The minimum Gasteiger partial charge on any atom is -0.493 e. The molecule has 0 radical (unpaired) electrons. The van der Waals surface area contributed by atoms with Crippen LogP contribution in [0.1, 0.15) is 16.7 Å². The lowest BCUT2D eigenvalue weighted by molar-refractivity contribution is 0.174. The molecule has 0 N–H and O–H groups in total. The van der Waals surface area contributed by atoms with Crippen LogP contribution < -0.4 is 18.9 Å². The summed E-state index contributed by atoms with van der Waals surface area (Å²) in [6.07, 6.45) is 1.71. The van der Waals surface area contributed by atoms with E-state index < -0.39 is 0 Å². The molecule has 5 rings (SSSR count). The van der Waals surface area contributed by atoms with Crippen molar-refractivity contribution in [2.45, 2.75) is 12.8 Å². The Morgan fingerprint density at radius 1 is 0.893 bits per heavy atom. The molecule has 3 aromatic carbocycles. The minimum atomic E-state index is 0.292. The van der Waals surface area contributed by atoms with Gasteiger partial charge in [0.25, 0.3) is 0 Å². The van der Waals surface area contributed by atoms with Gasteiger partial charge in [-0.05, 0) is 52.6 Å². The fourth-order valence-electron chi connectivity index (χ4n) is 3.93. The second-order valence-corrected chi connectivity index (χ2v) is 7.01. The third-order valence-electron chi connectivity index (χ3n) is 5.37. The molecule has 0 fully saturated rings. The molecule has 0 saturated carbocycles. The van der Waals surface area contributed by atoms with E-state index >= 15 is 0 Å². The van der Waals surface area contributed by atoms with Gasteiger partial charge in [-0.25, -0.2) is 0 Å². The number of nitrogens with zero attached hydrogens (tertiary/aromatic N) is 1. The van der Waals surface area contributed by atoms with Gasteiger partial charge >= 0.3 is 0 Å². The van der Waals surface area contributed by atoms with Crippen molar-refractivity contribution in [3.8, 4) is 23.0 Å². The minimum absolute atomic E-state index is 0.292. The van der Waals surface area contributed by atoms with Crippen molar-refractivity contribution in [2.75, 3.05) is 27.6 Å². The molecule has 3 aromatic rings. The monoisotopic (exact) mass is 375 g/mol. The Morgan fingerprint density at radius 3 is 2.43 bits per heavy atom. The van der Waals surface area contributed by atoms with Gasteiger partial charge in [-0.15, -0.1) is 0 Å². The van der Waals surface area contributed by atoms with E-state index in [4.69, 9.17) is 23.9 Å². The molecule has 2 aliphatic heterocycles. The molecule has 0 bridgehead atoms. The first-order chi connectivity index (χ1) is 13.7. The highest BCUT2D eigenvalue weighted by molar-refractivity contribution is 6.04. The first-order valence-electron chi connectivity index (χ1n) is 9.36. The molecule has 0 amide bonds. The third-order valence-corrected chi connectivity index (χ3v) is 5.37. The Balaban J connectivity index is 1.50. The van der Waals surface area contributed by atoms with Gasteiger partial charge in [0.1, 0.15) is 0 Å². The molecule has 0 saturated heterocycles. The molecular formula is C23H21NO4. The molecule has 5 nitrogen and oxygen atoms in total. The molecule has 0 unspecified atom stereocenters. The zero-order chi connectivity index (χ0) is 19.1. The highest BCUT2D eigenvalue weighted by Crippen LogP contribution is 2.37. The summed E-state index contributed by atoms with van der Waals surface area (Å²) in [6, 6.07) is 14.7. The van der Waals surface area contributed by atoms with Crippen molar-refractivity contribution in [1.82, 2.24) is 0 Å². The first-order valence-corrected chi connectivity index (χ1v) is 9.36. The van der Waals surface area contributed by atoms with Crippen molar-refractivity contribution in [3.63, 3.8) is 0 Å². The molecule has 2 heterocycles. The van der Waals surface area contributed by atoms with Crippen molar-refractivity contribution >= 4 is 16.5 Å². The van der Waals surface area contributed by atoms with E-state index in [0.717, 1.165) is 58.9 Å². The number of methoxy groups -OCH3 is 2. The molecule has 0 spiro atoms. The maximum Gasteiger partial charge on any atom is 0.231 e. The average Bonchev–Trinajstić information content (AvgIpc) is 3.19. The number of hydrogen-bond acceptors (Lipinski definition) is 5. The number of rotatable bonds is 4. The first kappa shape index (κ1) is 16.9. The highest BCUT2D eigenvalue weighted by atomic mass is 16.7. The van der Waals surface area contributed by atoms with Gasteiger partial charge < -0.3 is 18.9 Å². The summed E-state index contributed by atoms with van der Waals surface area (Å²) in [5, 5.41) is 2.24. The van der Waals surface area contributed by atoms with Gasteiger partial charge in [0.15, 0.2) is 23.0 Å². The molecule has 0 aliphatic carbocycles. The van der Waals surface area contributed by atoms with E-state index in [9.17, 15) is 0 Å². The molecule has 142 valence electrons. The zero-order valence-corrected chi connectivity index (χ0v) is 16.0. The van der Waals surface area contributed by atoms with Crippen LogP contribution in [-0.4, -0.2) is 33.3 Å². The van der Waals surface area contributed by atoms with Gasteiger partial charge in [0, 0.05) is 24.2 Å². The molecule has 2 aliphatic rings. The normalized spacial score (nSPS) is 14.6. The van der Waals surface area contributed by atoms with E-state index in [-0.39, 0.29) is 0 Å². The Bertz CT molecular complexity index is 1100. The number of ether oxygens (including phenoxy) is 4. The summed E-state index contributed by atoms with van der Waals surface area (Å²) >= 11 is 0. The lowest BCUT2D eigenvalue weighted by Gasteiger charge is -2.18. The van der Waals surface area contributed by atoms with Gasteiger partial charge in [-0.1, -0.05) is 18.2 Å². The number of fused-ring (bicyclic) bond motifs is 3. The predicted octanol–water partition coefficient (Wildman–Crippen LogP) is 4.17. The van der Waals surface area contributed by atoms with E-state index in [1.54, 1.807) is 14.2 Å². The predicted molar refractivity (Wildman–Crippen MR) is 108 cm³/mol. The Hall–Kier alpha value is -3.21. The summed E-state index contributed by atoms with van der Waals surface area (Å²) in [4.78, 5) is 4.81. The van der Waals surface area contributed by atoms with Crippen LogP contribution >= 0.6 is 0 Å². The van der Waals surface area contributed by atoms with Crippen LogP contribution in [0.2, 0.25) is 0 Å². The van der Waals surface area contributed by atoms with Crippen LogP contribution in [0.3, 0.4) is 0 Å². The molecule has 0 atom stereocenters. The van der Waals surface area contributed by atoms with Crippen LogP contribution in [0.4, 0.5) is 0 Å². The summed E-state index contributed by atoms with van der Waals surface area (Å²) in [5.74, 6) is 3.13. The van der Waals surface area contributed by atoms with E-state index in [1.807, 2.05) is 12.1 Å². The largest absolute Gasteiger partial charge is 0.493 e. The summed E-state index contributed by atoms with van der Waals surface area (Å²) in [6.45, 7) is 1.10. The molecule has 0 aromatic heterocycles. The second-order valence-electron chi connectivity index (χ2n) is 7.01. The summed E-state index contributed by atoms with van der Waals surface area (Å²) < 4.78 is 21.9. The maximum absolute atomic E-state index is 5.57.